The van der Waals surface area contributed by atoms with E-state index in [-0.39, 0.29) is 17.4 Å². The fraction of sp³-hybridized carbons (Fsp3) is 0.818. The zero-order valence-corrected chi connectivity index (χ0v) is 12.2. The van der Waals surface area contributed by atoms with E-state index in [1.54, 1.807) is 0 Å². The summed E-state index contributed by atoms with van der Waals surface area (Å²) in [6.45, 7) is 10.4. The average molecular weight is 258 g/mol. The van der Waals surface area contributed by atoms with Crippen molar-refractivity contribution >= 4 is 20.1 Å². The highest BCUT2D eigenvalue weighted by atomic mass is 28.4. The number of carbonyl (C=O) groups is 2. The molecule has 1 fully saturated rings. The average Bonchev–Trinajstić information content (AvgIpc) is 2.12. The molecule has 0 unspecified atom stereocenters. The van der Waals surface area contributed by atoms with Crippen molar-refractivity contribution in [3.63, 3.8) is 0 Å². The third-order valence-corrected chi connectivity index (χ3v) is 8.07. The van der Waals surface area contributed by atoms with Crippen molar-refractivity contribution < 1.29 is 14.0 Å². The lowest BCUT2D eigenvalue weighted by molar-refractivity contribution is -0.140. The Hall–Kier alpha value is -0.723. The van der Waals surface area contributed by atoms with Crippen LogP contribution in [0.25, 0.3) is 0 Å². The highest BCUT2D eigenvalue weighted by Gasteiger charge is 2.43. The first-order valence-corrected chi connectivity index (χ1v) is 8.73. The summed E-state index contributed by atoms with van der Waals surface area (Å²) in [4.78, 5) is 22.9. The molecular formula is C11H22N2O3Si. The maximum absolute atomic E-state index is 11.7. The molecular weight excluding hydrogens is 236 g/mol. The Morgan fingerprint density at radius 2 is 1.82 bits per heavy atom. The van der Waals surface area contributed by atoms with Gasteiger partial charge in [0.25, 0.3) is 5.91 Å². The predicted octanol–water partition coefficient (Wildman–Crippen LogP) is 0.751. The maximum atomic E-state index is 11.7. The zero-order valence-electron chi connectivity index (χ0n) is 11.2. The van der Waals surface area contributed by atoms with Crippen LogP contribution in [0, 0.1) is 0 Å². The molecule has 17 heavy (non-hydrogen) atoms. The molecule has 0 aromatic carbocycles. The van der Waals surface area contributed by atoms with Gasteiger partial charge in [-0.05, 0) is 18.1 Å². The molecule has 0 spiro atoms. The van der Waals surface area contributed by atoms with E-state index in [2.05, 4.69) is 39.2 Å². The second-order valence-corrected chi connectivity index (χ2v) is 10.8. The number of rotatable bonds is 2. The van der Waals surface area contributed by atoms with E-state index in [0.29, 0.717) is 0 Å². The maximum Gasteiger partial charge on any atom is 0.254 e. The molecule has 6 heteroatoms. The third-order valence-electron chi connectivity index (χ3n) is 3.59. The van der Waals surface area contributed by atoms with E-state index in [1.807, 2.05) is 0 Å². The van der Waals surface area contributed by atoms with Crippen molar-refractivity contribution in [2.24, 2.45) is 5.73 Å². The van der Waals surface area contributed by atoms with Gasteiger partial charge in [0.2, 0.25) is 5.91 Å². The van der Waals surface area contributed by atoms with Crippen molar-refractivity contribution in [1.29, 1.82) is 0 Å². The van der Waals surface area contributed by atoms with Gasteiger partial charge in [0.05, 0.1) is 6.04 Å². The van der Waals surface area contributed by atoms with E-state index in [0.717, 1.165) is 0 Å². The van der Waals surface area contributed by atoms with Crippen molar-refractivity contribution in [3.05, 3.63) is 0 Å². The van der Waals surface area contributed by atoms with Crippen LogP contribution in [-0.4, -0.2) is 32.3 Å². The number of hydrogen-bond acceptors (Lipinski definition) is 4. The molecule has 0 bridgehead atoms. The molecule has 0 aliphatic carbocycles. The van der Waals surface area contributed by atoms with Gasteiger partial charge in [-0.2, -0.15) is 0 Å². The van der Waals surface area contributed by atoms with Crippen LogP contribution in [0.4, 0.5) is 0 Å². The second kappa shape index (κ2) is 4.51. The fourth-order valence-electron chi connectivity index (χ4n) is 1.37. The number of imide groups is 1. The molecule has 98 valence electrons. The second-order valence-electron chi connectivity index (χ2n) is 6.06. The van der Waals surface area contributed by atoms with Gasteiger partial charge in [-0.15, -0.1) is 0 Å². The monoisotopic (exact) mass is 258 g/mol. The Kier molecular flexibility index (Phi) is 3.80. The molecule has 1 rings (SSSR count). The van der Waals surface area contributed by atoms with Gasteiger partial charge >= 0.3 is 0 Å². The van der Waals surface area contributed by atoms with Crippen LogP contribution in [-0.2, 0) is 14.0 Å². The molecule has 0 radical (unpaired) electrons. The molecule has 3 N–H and O–H groups in total. The molecule has 5 nitrogen and oxygen atoms in total. The summed E-state index contributed by atoms with van der Waals surface area (Å²) >= 11 is 0. The SMILES string of the molecule is CC(C)(C)[Si](C)(C)O[C@@H]1C[C@H](N)C(=O)NC1=O. The first-order chi connectivity index (χ1) is 7.54. The lowest BCUT2D eigenvalue weighted by atomic mass is 10.1. The number of amides is 2. The van der Waals surface area contributed by atoms with Crippen molar-refractivity contribution in [2.45, 2.75) is 57.5 Å². The van der Waals surface area contributed by atoms with E-state index in [4.69, 9.17) is 10.2 Å². The van der Waals surface area contributed by atoms with Crippen LogP contribution in [0.5, 0.6) is 0 Å². The smallest absolute Gasteiger partial charge is 0.254 e. The topological polar surface area (TPSA) is 81.4 Å². The Bertz CT molecular complexity index is 336. The first kappa shape index (κ1) is 14.3. The van der Waals surface area contributed by atoms with Crippen molar-refractivity contribution in [2.75, 3.05) is 0 Å². The van der Waals surface area contributed by atoms with Gasteiger partial charge in [0, 0.05) is 6.42 Å². The Labute approximate surface area is 103 Å². The Morgan fingerprint density at radius 1 is 1.29 bits per heavy atom. The van der Waals surface area contributed by atoms with Crippen LogP contribution in [0.15, 0.2) is 0 Å². The largest absolute Gasteiger partial charge is 0.405 e. The summed E-state index contributed by atoms with van der Waals surface area (Å²) in [7, 11) is -2.01. The minimum atomic E-state index is -2.01. The minimum Gasteiger partial charge on any atom is -0.405 e. The number of carbonyl (C=O) groups excluding carboxylic acids is 2. The highest BCUT2D eigenvalue weighted by Crippen LogP contribution is 2.37. The van der Waals surface area contributed by atoms with Gasteiger partial charge < -0.3 is 10.2 Å². The van der Waals surface area contributed by atoms with Gasteiger partial charge in [-0.25, -0.2) is 0 Å². The van der Waals surface area contributed by atoms with Gasteiger partial charge in [-0.3, -0.25) is 14.9 Å². The van der Waals surface area contributed by atoms with Gasteiger partial charge in [0.15, 0.2) is 8.32 Å². The lowest BCUT2D eigenvalue weighted by Crippen LogP contribution is -2.58. The summed E-state index contributed by atoms with van der Waals surface area (Å²) in [6, 6.07) is -0.650. The molecule has 0 saturated carbocycles. The van der Waals surface area contributed by atoms with Gasteiger partial charge in [0.1, 0.15) is 6.10 Å². The van der Waals surface area contributed by atoms with Crippen LogP contribution < -0.4 is 11.1 Å². The summed E-state index contributed by atoms with van der Waals surface area (Å²) in [6.07, 6.45) is -0.319. The van der Waals surface area contributed by atoms with Crippen molar-refractivity contribution in [1.82, 2.24) is 5.32 Å². The molecule has 1 saturated heterocycles. The van der Waals surface area contributed by atoms with Crippen LogP contribution in [0.3, 0.4) is 0 Å². The van der Waals surface area contributed by atoms with Gasteiger partial charge in [-0.1, -0.05) is 20.8 Å². The van der Waals surface area contributed by atoms with E-state index in [9.17, 15) is 9.59 Å². The summed E-state index contributed by atoms with van der Waals surface area (Å²) in [5.74, 6) is -0.772. The zero-order chi connectivity index (χ0) is 13.4. The molecule has 2 amide bonds. The van der Waals surface area contributed by atoms with Crippen molar-refractivity contribution in [3.8, 4) is 0 Å². The molecule has 0 aromatic rings. The molecule has 1 aliphatic heterocycles. The molecule has 1 heterocycles. The Morgan fingerprint density at radius 3 is 2.29 bits per heavy atom. The van der Waals surface area contributed by atoms with E-state index < -0.39 is 26.4 Å². The minimum absolute atomic E-state index is 0.0266. The lowest BCUT2D eigenvalue weighted by Gasteiger charge is -2.40. The summed E-state index contributed by atoms with van der Waals surface area (Å²) < 4.78 is 5.97. The fourth-order valence-corrected chi connectivity index (χ4v) is 2.64. The summed E-state index contributed by atoms with van der Waals surface area (Å²) in [5.41, 5.74) is 5.63. The number of piperidine rings is 1. The predicted molar refractivity (Wildman–Crippen MR) is 67.8 cm³/mol. The standard InChI is InChI=1S/C11H22N2O3Si/c1-11(2,3)17(4,5)16-8-6-7(12)9(14)13-10(8)15/h7-8H,6,12H2,1-5H3,(H,13,14,15)/t7-,8+/m0/s1. The first-order valence-electron chi connectivity index (χ1n) is 5.83. The normalized spacial score (nSPS) is 26.9. The number of nitrogens with two attached hydrogens (primary N) is 1. The summed E-state index contributed by atoms with van der Waals surface area (Å²) in [5, 5.41) is 2.27. The molecule has 2 atom stereocenters. The van der Waals surface area contributed by atoms with E-state index >= 15 is 0 Å². The van der Waals surface area contributed by atoms with Crippen LogP contribution >= 0.6 is 0 Å². The molecule has 1 aliphatic rings. The third kappa shape index (κ3) is 3.14. The van der Waals surface area contributed by atoms with Crippen LogP contribution in [0.2, 0.25) is 18.1 Å². The highest BCUT2D eigenvalue weighted by molar-refractivity contribution is 6.74. The molecule has 0 aromatic heterocycles. The van der Waals surface area contributed by atoms with Crippen LogP contribution in [0.1, 0.15) is 27.2 Å². The quantitative estimate of drug-likeness (QED) is 0.566. The van der Waals surface area contributed by atoms with E-state index in [1.165, 1.54) is 0 Å². The number of nitrogens with one attached hydrogen (secondary N) is 1. The number of hydrogen-bond donors (Lipinski definition) is 2. The Balaban J connectivity index is 2.75.